The van der Waals surface area contributed by atoms with Crippen molar-refractivity contribution < 1.29 is 9.59 Å². The van der Waals surface area contributed by atoms with E-state index in [1.807, 2.05) is 19.1 Å². The molecule has 0 saturated carbocycles. The van der Waals surface area contributed by atoms with Crippen LogP contribution < -0.4 is 16.4 Å². The van der Waals surface area contributed by atoms with Gasteiger partial charge in [-0.1, -0.05) is 11.8 Å². The first-order chi connectivity index (χ1) is 10.1. The Bertz CT molecular complexity index is 614. The fourth-order valence-electron chi connectivity index (χ4n) is 2.24. The summed E-state index contributed by atoms with van der Waals surface area (Å²) >= 11 is 0. The van der Waals surface area contributed by atoms with E-state index in [0.29, 0.717) is 25.1 Å². The number of carbonyl (C=O) groups is 2. The second kappa shape index (κ2) is 6.91. The summed E-state index contributed by atoms with van der Waals surface area (Å²) in [6.07, 6.45) is 1.31. The number of amides is 2. The van der Waals surface area contributed by atoms with Gasteiger partial charge in [-0.25, -0.2) is 0 Å². The van der Waals surface area contributed by atoms with Crippen LogP contribution in [0.4, 0.5) is 0 Å². The highest BCUT2D eigenvalue weighted by molar-refractivity contribution is 5.94. The van der Waals surface area contributed by atoms with Crippen LogP contribution in [0.5, 0.6) is 0 Å². The fraction of sp³-hybridized carbons (Fsp3) is 0.375. The van der Waals surface area contributed by atoms with Gasteiger partial charge in [-0.3, -0.25) is 9.59 Å². The molecule has 5 heteroatoms. The third-order valence-corrected chi connectivity index (χ3v) is 3.41. The molecule has 2 rings (SSSR count). The summed E-state index contributed by atoms with van der Waals surface area (Å²) in [4.78, 5) is 23.2. The monoisotopic (exact) mass is 285 g/mol. The number of hydrogen-bond donors (Lipinski definition) is 3. The minimum absolute atomic E-state index is 0.0391. The zero-order valence-electron chi connectivity index (χ0n) is 12.0. The average molecular weight is 285 g/mol. The van der Waals surface area contributed by atoms with Crippen molar-refractivity contribution in [3.8, 4) is 11.8 Å². The molecule has 1 heterocycles. The smallest absolute Gasteiger partial charge is 0.251 e. The highest BCUT2D eigenvalue weighted by atomic mass is 16.2. The van der Waals surface area contributed by atoms with Gasteiger partial charge in [-0.05, 0) is 37.1 Å². The van der Waals surface area contributed by atoms with Crippen LogP contribution >= 0.6 is 0 Å². The standard InChI is InChI=1S/C16H19N3O2/c1-11-9-13(5-4-12(11)3-2-8-17)16(21)18-10-14-6-7-15(20)19-14/h4-5,9,14H,6-8,10,17H2,1H3,(H,18,21)(H,19,20). The molecule has 1 aromatic rings. The minimum Gasteiger partial charge on any atom is -0.352 e. The molecule has 5 nitrogen and oxygen atoms in total. The molecule has 2 amide bonds. The van der Waals surface area contributed by atoms with Crippen molar-refractivity contribution in [3.63, 3.8) is 0 Å². The third-order valence-electron chi connectivity index (χ3n) is 3.41. The van der Waals surface area contributed by atoms with Crippen molar-refractivity contribution in [1.82, 2.24) is 10.6 Å². The van der Waals surface area contributed by atoms with Crippen molar-refractivity contribution in [3.05, 3.63) is 34.9 Å². The molecule has 4 N–H and O–H groups in total. The lowest BCUT2D eigenvalue weighted by Gasteiger charge is -2.11. The Morgan fingerprint density at radius 3 is 2.95 bits per heavy atom. The van der Waals surface area contributed by atoms with E-state index >= 15 is 0 Å². The number of hydrogen-bond acceptors (Lipinski definition) is 3. The topological polar surface area (TPSA) is 84.2 Å². The predicted octanol–water partition coefficient (Wildman–Crippen LogP) is 0.314. The first kappa shape index (κ1) is 15.1. The average Bonchev–Trinajstić information content (AvgIpc) is 2.89. The Hall–Kier alpha value is -2.32. The predicted molar refractivity (Wildman–Crippen MR) is 80.6 cm³/mol. The number of rotatable bonds is 3. The van der Waals surface area contributed by atoms with Crippen LogP contribution in [0.3, 0.4) is 0 Å². The van der Waals surface area contributed by atoms with E-state index < -0.39 is 0 Å². The van der Waals surface area contributed by atoms with Gasteiger partial charge in [0.2, 0.25) is 5.91 Å². The SMILES string of the molecule is Cc1cc(C(=O)NCC2CCC(=O)N2)ccc1C#CCN. The van der Waals surface area contributed by atoms with Crippen LogP contribution in [0, 0.1) is 18.8 Å². The molecule has 1 aromatic carbocycles. The number of benzene rings is 1. The summed E-state index contributed by atoms with van der Waals surface area (Å²) in [7, 11) is 0. The molecule has 21 heavy (non-hydrogen) atoms. The van der Waals surface area contributed by atoms with Gasteiger partial charge in [0.1, 0.15) is 0 Å². The highest BCUT2D eigenvalue weighted by Crippen LogP contribution is 2.11. The van der Waals surface area contributed by atoms with Crippen LogP contribution in [0.2, 0.25) is 0 Å². The van der Waals surface area contributed by atoms with Crippen LogP contribution in [0.15, 0.2) is 18.2 Å². The summed E-state index contributed by atoms with van der Waals surface area (Å²) in [5.74, 6) is 5.67. The van der Waals surface area contributed by atoms with E-state index in [9.17, 15) is 9.59 Å². The Labute approximate surface area is 124 Å². The second-order valence-electron chi connectivity index (χ2n) is 5.05. The maximum absolute atomic E-state index is 12.1. The van der Waals surface area contributed by atoms with Crippen LogP contribution in [0.25, 0.3) is 0 Å². The number of aryl methyl sites for hydroxylation is 1. The molecule has 1 saturated heterocycles. The lowest BCUT2D eigenvalue weighted by atomic mass is 10.0. The van der Waals surface area contributed by atoms with E-state index in [0.717, 1.165) is 17.5 Å². The lowest BCUT2D eigenvalue weighted by molar-refractivity contribution is -0.119. The largest absolute Gasteiger partial charge is 0.352 e. The molecule has 1 fully saturated rings. The zero-order chi connectivity index (χ0) is 15.2. The highest BCUT2D eigenvalue weighted by Gasteiger charge is 2.21. The van der Waals surface area contributed by atoms with Crippen molar-refractivity contribution in [2.75, 3.05) is 13.1 Å². The van der Waals surface area contributed by atoms with Gasteiger partial charge < -0.3 is 16.4 Å². The Morgan fingerprint density at radius 1 is 1.52 bits per heavy atom. The van der Waals surface area contributed by atoms with Gasteiger partial charge in [0.15, 0.2) is 0 Å². The molecule has 1 atom stereocenters. The Morgan fingerprint density at radius 2 is 2.33 bits per heavy atom. The minimum atomic E-state index is -0.141. The second-order valence-corrected chi connectivity index (χ2v) is 5.05. The van der Waals surface area contributed by atoms with Gasteiger partial charge in [-0.2, -0.15) is 0 Å². The first-order valence-electron chi connectivity index (χ1n) is 6.97. The number of carbonyl (C=O) groups excluding carboxylic acids is 2. The van der Waals surface area contributed by atoms with Crippen molar-refractivity contribution >= 4 is 11.8 Å². The van der Waals surface area contributed by atoms with Crippen molar-refractivity contribution in [1.29, 1.82) is 0 Å². The first-order valence-corrected chi connectivity index (χ1v) is 6.97. The lowest BCUT2D eigenvalue weighted by Crippen LogP contribution is -2.38. The molecule has 0 aliphatic carbocycles. The third kappa shape index (κ3) is 4.07. The van der Waals surface area contributed by atoms with E-state index in [1.54, 1.807) is 6.07 Å². The molecular formula is C16H19N3O2. The molecular weight excluding hydrogens is 266 g/mol. The van der Waals surface area contributed by atoms with Gasteiger partial charge in [0.25, 0.3) is 5.91 Å². The van der Waals surface area contributed by atoms with Gasteiger partial charge in [-0.15, -0.1) is 0 Å². The van der Waals surface area contributed by atoms with Crippen LogP contribution in [-0.2, 0) is 4.79 Å². The van der Waals surface area contributed by atoms with E-state index in [4.69, 9.17) is 5.73 Å². The summed E-state index contributed by atoms with van der Waals surface area (Å²) < 4.78 is 0. The van der Waals surface area contributed by atoms with Crippen LogP contribution in [0.1, 0.15) is 34.3 Å². The molecule has 1 unspecified atom stereocenters. The molecule has 110 valence electrons. The van der Waals surface area contributed by atoms with Crippen LogP contribution in [-0.4, -0.2) is 30.9 Å². The van der Waals surface area contributed by atoms with Gasteiger partial charge in [0.05, 0.1) is 6.54 Å². The van der Waals surface area contributed by atoms with E-state index in [2.05, 4.69) is 22.5 Å². The molecule has 1 aliphatic heterocycles. The molecule has 0 bridgehead atoms. The molecule has 1 aliphatic rings. The van der Waals surface area contributed by atoms with Gasteiger partial charge in [0, 0.05) is 30.1 Å². The summed E-state index contributed by atoms with van der Waals surface area (Å²) in [5, 5.41) is 5.66. The quantitative estimate of drug-likeness (QED) is 0.699. The van der Waals surface area contributed by atoms with Gasteiger partial charge >= 0.3 is 0 Å². The summed E-state index contributed by atoms with van der Waals surface area (Å²) in [5.41, 5.74) is 7.76. The fourth-order valence-corrected chi connectivity index (χ4v) is 2.24. The van der Waals surface area contributed by atoms with Crippen molar-refractivity contribution in [2.45, 2.75) is 25.8 Å². The van der Waals surface area contributed by atoms with Crippen molar-refractivity contribution in [2.24, 2.45) is 5.73 Å². The maximum Gasteiger partial charge on any atom is 0.251 e. The maximum atomic E-state index is 12.1. The number of nitrogens with two attached hydrogens (primary N) is 1. The number of nitrogens with one attached hydrogen (secondary N) is 2. The molecule has 0 aromatic heterocycles. The Kier molecular flexibility index (Phi) is 4.96. The van der Waals surface area contributed by atoms with E-state index in [-0.39, 0.29) is 17.9 Å². The summed E-state index contributed by atoms with van der Waals surface area (Å²) in [6.45, 7) is 2.68. The zero-order valence-corrected chi connectivity index (χ0v) is 12.0. The van der Waals surface area contributed by atoms with E-state index in [1.165, 1.54) is 0 Å². The normalized spacial score (nSPS) is 16.9. The summed E-state index contributed by atoms with van der Waals surface area (Å²) in [6, 6.07) is 5.42. The Balaban J connectivity index is 1.96. The molecule has 0 radical (unpaired) electrons. The molecule has 0 spiro atoms.